The molecular formula is C16H22N2OS. The Balaban J connectivity index is 2.28. The number of rotatable bonds is 7. The van der Waals surface area contributed by atoms with Gasteiger partial charge in [-0.3, -0.25) is 4.79 Å². The van der Waals surface area contributed by atoms with Crippen LogP contribution in [0.2, 0.25) is 0 Å². The molecule has 0 aliphatic carbocycles. The molecule has 108 valence electrons. The Morgan fingerprint density at radius 2 is 1.95 bits per heavy atom. The minimum absolute atomic E-state index is 0.119. The van der Waals surface area contributed by atoms with Crippen LogP contribution in [0, 0.1) is 25.2 Å². The van der Waals surface area contributed by atoms with Gasteiger partial charge < -0.3 is 4.90 Å². The number of nitriles is 1. The molecule has 0 saturated carbocycles. The first kappa shape index (κ1) is 16.6. The first-order valence-corrected chi connectivity index (χ1v) is 7.94. The lowest BCUT2D eigenvalue weighted by Gasteiger charge is -2.15. The highest BCUT2D eigenvalue weighted by Crippen LogP contribution is 2.16. The lowest BCUT2D eigenvalue weighted by molar-refractivity contribution is -0.129. The topological polar surface area (TPSA) is 44.1 Å². The van der Waals surface area contributed by atoms with Crippen molar-refractivity contribution in [3.63, 3.8) is 0 Å². The maximum Gasteiger partial charge on any atom is 0.223 e. The largest absolute Gasteiger partial charge is 0.345 e. The smallest absolute Gasteiger partial charge is 0.223 e. The summed E-state index contributed by atoms with van der Waals surface area (Å²) in [5.41, 5.74) is 3.89. The van der Waals surface area contributed by atoms with Gasteiger partial charge in [-0.15, -0.1) is 0 Å². The molecule has 0 bridgehead atoms. The summed E-state index contributed by atoms with van der Waals surface area (Å²) in [7, 11) is 1.76. The average Bonchev–Trinajstić information content (AvgIpc) is 2.39. The van der Waals surface area contributed by atoms with Gasteiger partial charge >= 0.3 is 0 Å². The second-order valence-electron chi connectivity index (χ2n) is 5.02. The van der Waals surface area contributed by atoms with Crippen molar-refractivity contribution >= 4 is 17.7 Å². The van der Waals surface area contributed by atoms with Crippen LogP contribution in [0.1, 0.15) is 29.5 Å². The van der Waals surface area contributed by atoms with Gasteiger partial charge in [0.1, 0.15) is 0 Å². The minimum Gasteiger partial charge on any atom is -0.345 e. The molecule has 1 rings (SSSR count). The Kier molecular flexibility index (Phi) is 7.17. The molecule has 1 aromatic carbocycles. The van der Waals surface area contributed by atoms with Crippen LogP contribution >= 0.6 is 11.8 Å². The molecule has 0 aliphatic rings. The fourth-order valence-electron chi connectivity index (χ4n) is 2.04. The minimum atomic E-state index is 0.119. The highest BCUT2D eigenvalue weighted by atomic mass is 32.2. The molecule has 0 fully saturated rings. The van der Waals surface area contributed by atoms with Crippen LogP contribution < -0.4 is 0 Å². The van der Waals surface area contributed by atoms with Crippen LogP contribution in [-0.4, -0.2) is 30.2 Å². The first-order valence-electron chi connectivity index (χ1n) is 6.78. The predicted molar refractivity (Wildman–Crippen MR) is 84.6 cm³/mol. The summed E-state index contributed by atoms with van der Waals surface area (Å²) in [6.45, 7) is 4.74. The Hall–Kier alpha value is -1.47. The van der Waals surface area contributed by atoms with Crippen molar-refractivity contribution in [2.24, 2.45) is 0 Å². The molecule has 0 aliphatic heterocycles. The number of nitrogens with zero attached hydrogens (tertiary/aromatic N) is 2. The molecule has 0 N–H and O–H groups in total. The molecule has 1 aromatic rings. The maximum atomic E-state index is 11.8. The summed E-state index contributed by atoms with van der Waals surface area (Å²) in [6, 6.07) is 8.61. The SMILES string of the molecule is Cc1cc(C)cc(CSCCC(=O)N(C)CCC#N)c1. The van der Waals surface area contributed by atoms with E-state index in [0.717, 1.165) is 11.5 Å². The van der Waals surface area contributed by atoms with Crippen molar-refractivity contribution in [2.75, 3.05) is 19.3 Å². The van der Waals surface area contributed by atoms with Crippen LogP contribution in [-0.2, 0) is 10.5 Å². The number of amides is 1. The Morgan fingerprint density at radius 3 is 2.55 bits per heavy atom. The van der Waals surface area contributed by atoms with Crippen LogP contribution in [0.3, 0.4) is 0 Å². The molecule has 3 nitrogen and oxygen atoms in total. The van der Waals surface area contributed by atoms with Crippen LogP contribution in [0.4, 0.5) is 0 Å². The lowest BCUT2D eigenvalue weighted by Crippen LogP contribution is -2.27. The highest BCUT2D eigenvalue weighted by molar-refractivity contribution is 7.98. The molecular weight excluding hydrogens is 268 g/mol. The third-order valence-corrected chi connectivity index (χ3v) is 4.03. The standard InChI is InChI=1S/C16H22N2OS/c1-13-9-14(2)11-15(10-13)12-20-8-5-16(19)18(3)7-4-6-17/h9-11H,4-5,7-8,12H2,1-3H3. The Bertz CT molecular complexity index is 473. The zero-order valence-corrected chi connectivity index (χ0v) is 13.3. The number of aryl methyl sites for hydroxylation is 2. The molecule has 0 aromatic heterocycles. The van der Waals surface area contributed by atoms with E-state index >= 15 is 0 Å². The van der Waals surface area contributed by atoms with Gasteiger partial charge in [-0.1, -0.05) is 29.3 Å². The first-order chi connectivity index (χ1) is 9.52. The Labute approximate surface area is 126 Å². The van der Waals surface area contributed by atoms with Crippen LogP contribution in [0.5, 0.6) is 0 Å². The molecule has 0 spiro atoms. The summed E-state index contributed by atoms with van der Waals surface area (Å²) in [4.78, 5) is 13.4. The number of hydrogen-bond acceptors (Lipinski definition) is 3. The van der Waals surface area contributed by atoms with Crippen LogP contribution in [0.25, 0.3) is 0 Å². The van der Waals surface area contributed by atoms with Gasteiger partial charge in [-0.25, -0.2) is 0 Å². The van der Waals surface area contributed by atoms with Gasteiger partial charge in [0.05, 0.1) is 12.5 Å². The summed E-state index contributed by atoms with van der Waals surface area (Å²) in [5, 5.41) is 8.49. The molecule has 0 heterocycles. The van der Waals surface area contributed by atoms with Gasteiger partial charge in [0.25, 0.3) is 0 Å². The number of carbonyl (C=O) groups is 1. The average molecular weight is 290 g/mol. The van der Waals surface area contributed by atoms with E-state index in [-0.39, 0.29) is 5.91 Å². The van der Waals surface area contributed by atoms with E-state index in [2.05, 4.69) is 38.1 Å². The second kappa shape index (κ2) is 8.65. The van der Waals surface area contributed by atoms with E-state index in [1.54, 1.807) is 23.7 Å². The highest BCUT2D eigenvalue weighted by Gasteiger charge is 2.07. The fourth-order valence-corrected chi connectivity index (χ4v) is 2.90. The van der Waals surface area contributed by atoms with Crippen LogP contribution in [0.15, 0.2) is 18.2 Å². The number of hydrogen-bond donors (Lipinski definition) is 0. The van der Waals surface area contributed by atoms with Crippen molar-refractivity contribution in [2.45, 2.75) is 32.4 Å². The monoisotopic (exact) mass is 290 g/mol. The summed E-state index contributed by atoms with van der Waals surface area (Å²) < 4.78 is 0. The van der Waals surface area contributed by atoms with Gasteiger partial charge in [0.15, 0.2) is 0 Å². The van der Waals surface area contributed by atoms with E-state index in [1.165, 1.54) is 16.7 Å². The lowest BCUT2D eigenvalue weighted by atomic mass is 10.1. The summed E-state index contributed by atoms with van der Waals surface area (Å²) >= 11 is 1.78. The van der Waals surface area contributed by atoms with Crippen molar-refractivity contribution < 1.29 is 4.79 Å². The molecule has 0 saturated heterocycles. The zero-order chi connectivity index (χ0) is 15.0. The van der Waals surface area contributed by atoms with Crippen molar-refractivity contribution in [3.8, 4) is 6.07 Å². The van der Waals surface area contributed by atoms with E-state index in [1.807, 2.05) is 0 Å². The number of thioether (sulfide) groups is 1. The van der Waals surface area contributed by atoms with Gasteiger partial charge in [-0.05, 0) is 19.4 Å². The predicted octanol–water partition coefficient (Wildman–Crippen LogP) is 3.30. The molecule has 4 heteroatoms. The van der Waals surface area contributed by atoms with E-state index in [0.29, 0.717) is 19.4 Å². The van der Waals surface area contributed by atoms with E-state index < -0.39 is 0 Å². The molecule has 0 atom stereocenters. The molecule has 0 unspecified atom stereocenters. The Morgan fingerprint density at radius 1 is 1.30 bits per heavy atom. The van der Waals surface area contributed by atoms with E-state index in [4.69, 9.17) is 5.26 Å². The van der Waals surface area contributed by atoms with Gasteiger partial charge in [0.2, 0.25) is 5.91 Å². The summed E-state index contributed by atoms with van der Waals surface area (Å²) in [6.07, 6.45) is 0.940. The quantitative estimate of drug-likeness (QED) is 0.724. The molecule has 0 radical (unpaired) electrons. The van der Waals surface area contributed by atoms with Crippen molar-refractivity contribution in [3.05, 3.63) is 34.9 Å². The maximum absolute atomic E-state index is 11.8. The number of carbonyl (C=O) groups excluding carboxylic acids is 1. The zero-order valence-electron chi connectivity index (χ0n) is 12.5. The normalized spacial score (nSPS) is 10.1. The van der Waals surface area contributed by atoms with Gasteiger partial charge in [0, 0.05) is 31.5 Å². The van der Waals surface area contributed by atoms with Crippen molar-refractivity contribution in [1.29, 1.82) is 5.26 Å². The third-order valence-electron chi connectivity index (χ3n) is 3.00. The van der Waals surface area contributed by atoms with Gasteiger partial charge in [-0.2, -0.15) is 17.0 Å². The van der Waals surface area contributed by atoms with Crippen molar-refractivity contribution in [1.82, 2.24) is 4.90 Å². The third kappa shape index (κ3) is 6.12. The number of benzene rings is 1. The molecule has 1 amide bonds. The van der Waals surface area contributed by atoms with E-state index in [9.17, 15) is 4.79 Å². The second-order valence-corrected chi connectivity index (χ2v) is 6.13. The molecule has 20 heavy (non-hydrogen) atoms. The fraction of sp³-hybridized carbons (Fsp3) is 0.500. The summed E-state index contributed by atoms with van der Waals surface area (Å²) in [5.74, 6) is 1.88.